The van der Waals surface area contributed by atoms with E-state index in [9.17, 15) is 23.1 Å². The summed E-state index contributed by atoms with van der Waals surface area (Å²) in [6.45, 7) is 3.68. The van der Waals surface area contributed by atoms with Crippen LogP contribution in [-0.2, 0) is 19.6 Å². The summed E-state index contributed by atoms with van der Waals surface area (Å²) in [7, 11) is -3.79. The molecule has 9 heteroatoms. The van der Waals surface area contributed by atoms with E-state index >= 15 is 0 Å². The van der Waals surface area contributed by atoms with Gasteiger partial charge in [-0.3, -0.25) is 9.59 Å². The second-order valence-electron chi connectivity index (χ2n) is 6.88. The molecule has 0 aromatic heterocycles. The van der Waals surface area contributed by atoms with E-state index in [2.05, 4.69) is 0 Å². The van der Waals surface area contributed by atoms with Crippen LogP contribution in [0.4, 0.5) is 0 Å². The molecule has 0 saturated carbocycles. The highest BCUT2D eigenvalue weighted by Crippen LogP contribution is 2.33. The predicted octanol–water partition coefficient (Wildman–Crippen LogP) is 0.644. The van der Waals surface area contributed by atoms with Crippen LogP contribution in [-0.4, -0.2) is 74.0 Å². The minimum absolute atomic E-state index is 0.0564. The minimum atomic E-state index is -3.79. The van der Waals surface area contributed by atoms with E-state index in [1.807, 2.05) is 0 Å². The Kier molecular flexibility index (Phi) is 5.05. The number of hydrogen-bond donors (Lipinski definition) is 1. The fourth-order valence-corrected chi connectivity index (χ4v) is 4.73. The van der Waals surface area contributed by atoms with Gasteiger partial charge in [-0.1, -0.05) is 0 Å². The number of carbonyl (C=O) groups is 2. The normalized spacial score (nSPS) is 24.6. The Balaban J connectivity index is 1.75. The molecule has 1 amide bonds. The summed E-state index contributed by atoms with van der Waals surface area (Å²) in [5, 5.41) is 9.28. The lowest BCUT2D eigenvalue weighted by Gasteiger charge is -2.27. The van der Waals surface area contributed by atoms with E-state index in [0.29, 0.717) is 31.9 Å². The van der Waals surface area contributed by atoms with Gasteiger partial charge in [0.25, 0.3) is 5.91 Å². The number of benzene rings is 1. The van der Waals surface area contributed by atoms with Crippen molar-refractivity contribution in [2.24, 2.45) is 5.41 Å². The van der Waals surface area contributed by atoms with Crippen LogP contribution in [0.2, 0.25) is 0 Å². The van der Waals surface area contributed by atoms with Crippen LogP contribution < -0.4 is 0 Å². The lowest BCUT2D eigenvalue weighted by atomic mass is 9.90. The van der Waals surface area contributed by atoms with Crippen LogP contribution in [0, 0.1) is 5.41 Å². The lowest BCUT2D eigenvalue weighted by molar-refractivity contribution is -0.146. The summed E-state index contributed by atoms with van der Waals surface area (Å²) in [5.74, 6) is -1.15. The van der Waals surface area contributed by atoms with Crippen molar-refractivity contribution < 1.29 is 27.9 Å². The maximum absolute atomic E-state index is 12.7. The van der Waals surface area contributed by atoms with Crippen molar-refractivity contribution in [1.82, 2.24) is 9.21 Å². The number of carboxylic acid groups (broad SMARTS) is 1. The number of amides is 1. The summed E-state index contributed by atoms with van der Waals surface area (Å²) in [5.41, 5.74) is -0.651. The highest BCUT2D eigenvalue weighted by molar-refractivity contribution is 7.89. The molecule has 1 aromatic rings. The van der Waals surface area contributed by atoms with Crippen molar-refractivity contribution in [1.29, 1.82) is 0 Å². The summed E-state index contributed by atoms with van der Waals surface area (Å²) in [6, 6.07) is 5.80. The fraction of sp³-hybridized carbons (Fsp3) is 0.529. The maximum Gasteiger partial charge on any atom is 0.310 e. The summed E-state index contributed by atoms with van der Waals surface area (Å²) < 4.78 is 31.9. The van der Waals surface area contributed by atoms with Crippen molar-refractivity contribution in [3.63, 3.8) is 0 Å². The number of carboxylic acids is 1. The van der Waals surface area contributed by atoms with Gasteiger partial charge in [-0.2, -0.15) is 4.31 Å². The molecule has 2 aliphatic heterocycles. The van der Waals surface area contributed by atoms with Crippen LogP contribution in [0.25, 0.3) is 0 Å². The molecule has 2 fully saturated rings. The number of rotatable bonds is 4. The van der Waals surface area contributed by atoms with Crippen LogP contribution in [0.5, 0.6) is 0 Å². The third-order valence-electron chi connectivity index (χ3n) is 4.99. The van der Waals surface area contributed by atoms with Gasteiger partial charge in [0.2, 0.25) is 10.0 Å². The van der Waals surface area contributed by atoms with Crippen LogP contribution in [0.1, 0.15) is 23.7 Å². The second-order valence-corrected chi connectivity index (χ2v) is 8.82. The molecule has 2 aliphatic rings. The molecule has 2 heterocycles. The molecule has 8 nitrogen and oxygen atoms in total. The molecule has 0 bridgehead atoms. The molecular formula is C17H22N2O6S. The maximum atomic E-state index is 12.7. The minimum Gasteiger partial charge on any atom is -0.481 e. The number of aliphatic carboxylic acids is 1. The molecule has 26 heavy (non-hydrogen) atoms. The Bertz CT molecular complexity index is 801. The summed E-state index contributed by atoms with van der Waals surface area (Å²) in [4.78, 5) is 25.5. The van der Waals surface area contributed by atoms with Crippen molar-refractivity contribution in [3.05, 3.63) is 29.8 Å². The lowest BCUT2D eigenvalue weighted by Crippen LogP contribution is -2.40. The number of morpholine rings is 1. The van der Waals surface area contributed by atoms with Crippen LogP contribution >= 0.6 is 0 Å². The fourth-order valence-electron chi connectivity index (χ4n) is 3.17. The third-order valence-corrected chi connectivity index (χ3v) is 6.85. The zero-order chi connectivity index (χ0) is 18.9. The SMILES string of the molecule is CC1(C(=O)O)CCN(S(=O)(=O)c2ccc(C(=O)N3CCOCC3)cc2)C1. The summed E-state index contributed by atoms with van der Waals surface area (Å²) >= 11 is 0. The van der Waals surface area contributed by atoms with Crippen LogP contribution in [0.15, 0.2) is 29.2 Å². The van der Waals surface area contributed by atoms with Crippen molar-refractivity contribution in [2.75, 3.05) is 39.4 Å². The molecular weight excluding hydrogens is 360 g/mol. The first-order chi connectivity index (χ1) is 12.2. The van der Waals surface area contributed by atoms with Gasteiger partial charge in [0.05, 0.1) is 23.5 Å². The van der Waals surface area contributed by atoms with Crippen molar-refractivity contribution in [3.8, 4) is 0 Å². The number of nitrogens with zero attached hydrogens (tertiary/aromatic N) is 2. The first-order valence-corrected chi connectivity index (χ1v) is 9.89. The van der Waals surface area contributed by atoms with Gasteiger partial charge in [-0.05, 0) is 37.6 Å². The standard InChI is InChI=1S/C17H22N2O6S/c1-17(16(21)22)6-7-19(12-17)26(23,24)14-4-2-13(3-5-14)15(20)18-8-10-25-11-9-18/h2-5H,6-12H2,1H3,(H,21,22). The van der Waals surface area contributed by atoms with Gasteiger partial charge >= 0.3 is 5.97 Å². The zero-order valence-corrected chi connectivity index (χ0v) is 15.4. The van der Waals surface area contributed by atoms with E-state index in [1.54, 1.807) is 11.8 Å². The molecule has 1 N–H and O–H groups in total. The van der Waals surface area contributed by atoms with E-state index in [0.717, 1.165) is 0 Å². The zero-order valence-electron chi connectivity index (χ0n) is 14.6. The van der Waals surface area contributed by atoms with E-state index in [4.69, 9.17) is 4.74 Å². The van der Waals surface area contributed by atoms with Crippen LogP contribution in [0.3, 0.4) is 0 Å². The molecule has 0 radical (unpaired) electrons. The number of ether oxygens (including phenoxy) is 1. The molecule has 0 aliphatic carbocycles. The quantitative estimate of drug-likeness (QED) is 0.820. The third kappa shape index (κ3) is 3.46. The number of carbonyl (C=O) groups excluding carboxylic acids is 1. The number of sulfonamides is 1. The second kappa shape index (κ2) is 6.98. The van der Waals surface area contributed by atoms with Gasteiger partial charge in [0.15, 0.2) is 0 Å². The van der Waals surface area contributed by atoms with Crippen molar-refractivity contribution in [2.45, 2.75) is 18.2 Å². The van der Waals surface area contributed by atoms with Gasteiger partial charge in [0.1, 0.15) is 0 Å². The molecule has 1 atom stereocenters. The van der Waals surface area contributed by atoms with E-state index in [1.165, 1.54) is 28.6 Å². The first kappa shape index (κ1) is 18.8. The Morgan fingerprint density at radius 2 is 1.73 bits per heavy atom. The summed E-state index contributed by atoms with van der Waals surface area (Å²) in [6.07, 6.45) is 0.273. The predicted molar refractivity (Wildman–Crippen MR) is 92.3 cm³/mol. The average Bonchev–Trinajstić information content (AvgIpc) is 3.06. The van der Waals surface area contributed by atoms with Gasteiger partial charge in [0, 0.05) is 31.7 Å². The van der Waals surface area contributed by atoms with Gasteiger partial charge in [-0.15, -0.1) is 0 Å². The molecule has 2 saturated heterocycles. The molecule has 142 valence electrons. The van der Waals surface area contributed by atoms with Gasteiger partial charge in [-0.25, -0.2) is 8.42 Å². The largest absolute Gasteiger partial charge is 0.481 e. The highest BCUT2D eigenvalue weighted by Gasteiger charge is 2.44. The Labute approximate surface area is 152 Å². The average molecular weight is 382 g/mol. The Morgan fingerprint density at radius 3 is 2.27 bits per heavy atom. The topological polar surface area (TPSA) is 104 Å². The molecule has 3 rings (SSSR count). The molecule has 0 spiro atoms. The first-order valence-electron chi connectivity index (χ1n) is 8.45. The molecule has 1 unspecified atom stereocenters. The smallest absolute Gasteiger partial charge is 0.310 e. The molecule has 1 aromatic carbocycles. The van der Waals surface area contributed by atoms with E-state index in [-0.39, 0.29) is 30.3 Å². The highest BCUT2D eigenvalue weighted by atomic mass is 32.2. The van der Waals surface area contributed by atoms with Gasteiger partial charge < -0.3 is 14.7 Å². The van der Waals surface area contributed by atoms with Crippen molar-refractivity contribution >= 4 is 21.9 Å². The number of hydrogen-bond acceptors (Lipinski definition) is 5. The Hall–Kier alpha value is -1.97. The monoisotopic (exact) mass is 382 g/mol. The Morgan fingerprint density at radius 1 is 1.12 bits per heavy atom. The van der Waals surface area contributed by atoms with E-state index < -0.39 is 21.4 Å².